The van der Waals surface area contributed by atoms with E-state index in [1.807, 2.05) is 18.2 Å². The highest BCUT2D eigenvalue weighted by Crippen LogP contribution is 2.32. The van der Waals surface area contributed by atoms with Gasteiger partial charge in [-0.1, -0.05) is 17.7 Å². The standard InChI is InChI=1S/C15H19ClN2O/c16-11-4-5-13-10(8-11)3-6-14(13)18-15(19)9-12-2-1-7-17-12/h4-5,8,12,14,17H,1-3,6-7,9H2,(H,18,19). The van der Waals surface area contributed by atoms with E-state index in [1.165, 1.54) is 17.5 Å². The third-order valence-corrected chi connectivity index (χ3v) is 4.35. The largest absolute Gasteiger partial charge is 0.349 e. The molecule has 3 rings (SSSR count). The highest BCUT2D eigenvalue weighted by atomic mass is 35.5. The van der Waals surface area contributed by atoms with Crippen molar-refractivity contribution in [3.05, 3.63) is 34.3 Å². The van der Waals surface area contributed by atoms with Gasteiger partial charge in [-0.25, -0.2) is 0 Å². The molecule has 0 aromatic heterocycles. The summed E-state index contributed by atoms with van der Waals surface area (Å²) in [5, 5.41) is 7.30. The Bertz CT molecular complexity index is 483. The Morgan fingerprint density at radius 1 is 1.42 bits per heavy atom. The molecule has 1 aromatic rings. The molecule has 19 heavy (non-hydrogen) atoms. The number of nitrogens with one attached hydrogen (secondary N) is 2. The van der Waals surface area contributed by atoms with Crippen LogP contribution in [0.5, 0.6) is 0 Å². The lowest BCUT2D eigenvalue weighted by atomic mass is 10.1. The Morgan fingerprint density at radius 2 is 2.32 bits per heavy atom. The summed E-state index contributed by atoms with van der Waals surface area (Å²) in [7, 11) is 0. The van der Waals surface area contributed by atoms with Gasteiger partial charge in [0.1, 0.15) is 0 Å². The van der Waals surface area contributed by atoms with E-state index in [9.17, 15) is 4.79 Å². The van der Waals surface area contributed by atoms with E-state index in [0.29, 0.717) is 12.5 Å². The number of halogens is 1. The van der Waals surface area contributed by atoms with Gasteiger partial charge in [-0.2, -0.15) is 0 Å². The smallest absolute Gasteiger partial charge is 0.222 e. The van der Waals surface area contributed by atoms with Crippen LogP contribution in [0.1, 0.15) is 42.9 Å². The Morgan fingerprint density at radius 3 is 3.11 bits per heavy atom. The van der Waals surface area contributed by atoms with Crippen LogP contribution >= 0.6 is 11.6 Å². The Hall–Kier alpha value is -1.06. The van der Waals surface area contributed by atoms with Crippen molar-refractivity contribution in [3.63, 3.8) is 0 Å². The van der Waals surface area contributed by atoms with Gasteiger partial charge >= 0.3 is 0 Å². The van der Waals surface area contributed by atoms with Gasteiger partial charge in [-0.15, -0.1) is 0 Å². The van der Waals surface area contributed by atoms with Crippen LogP contribution in [-0.2, 0) is 11.2 Å². The van der Waals surface area contributed by atoms with Gasteiger partial charge in [0.2, 0.25) is 5.91 Å². The van der Waals surface area contributed by atoms with E-state index >= 15 is 0 Å². The van der Waals surface area contributed by atoms with Crippen LogP contribution in [0.25, 0.3) is 0 Å². The molecule has 0 bridgehead atoms. The summed E-state index contributed by atoms with van der Waals surface area (Å²) in [5.41, 5.74) is 2.51. The molecule has 4 heteroatoms. The van der Waals surface area contributed by atoms with Crippen molar-refractivity contribution >= 4 is 17.5 Å². The topological polar surface area (TPSA) is 41.1 Å². The van der Waals surface area contributed by atoms with Gasteiger partial charge in [0, 0.05) is 17.5 Å². The third-order valence-electron chi connectivity index (χ3n) is 4.11. The number of rotatable bonds is 3. The third kappa shape index (κ3) is 2.93. The second-order valence-electron chi connectivity index (χ2n) is 5.50. The van der Waals surface area contributed by atoms with E-state index < -0.39 is 0 Å². The van der Waals surface area contributed by atoms with Crippen LogP contribution in [0.15, 0.2) is 18.2 Å². The molecule has 1 aromatic carbocycles. The molecule has 2 atom stereocenters. The van der Waals surface area contributed by atoms with E-state index in [1.54, 1.807) is 0 Å². The van der Waals surface area contributed by atoms with Gasteiger partial charge in [0.05, 0.1) is 6.04 Å². The molecule has 2 unspecified atom stereocenters. The fourth-order valence-corrected chi connectivity index (χ4v) is 3.34. The minimum absolute atomic E-state index is 0.159. The Balaban J connectivity index is 1.61. The molecule has 2 aliphatic rings. The number of benzene rings is 1. The summed E-state index contributed by atoms with van der Waals surface area (Å²) in [5.74, 6) is 0.159. The van der Waals surface area contributed by atoms with Crippen LogP contribution in [0, 0.1) is 0 Å². The first kappa shape index (κ1) is 12.9. The number of fused-ring (bicyclic) bond motifs is 1. The van der Waals surface area contributed by atoms with Crippen LogP contribution < -0.4 is 10.6 Å². The summed E-state index contributed by atoms with van der Waals surface area (Å²) < 4.78 is 0. The predicted octanol–water partition coefficient (Wildman–Crippen LogP) is 2.59. The Kier molecular flexibility index (Phi) is 3.76. The van der Waals surface area contributed by atoms with Gasteiger partial charge < -0.3 is 10.6 Å². The SMILES string of the molecule is O=C(CC1CCCN1)NC1CCc2cc(Cl)ccc21. The lowest BCUT2D eigenvalue weighted by Crippen LogP contribution is -2.33. The van der Waals surface area contributed by atoms with Crippen LogP contribution in [0.4, 0.5) is 0 Å². The van der Waals surface area contributed by atoms with Crippen LogP contribution in [0.2, 0.25) is 5.02 Å². The maximum Gasteiger partial charge on any atom is 0.222 e. The number of carbonyl (C=O) groups excluding carboxylic acids is 1. The second kappa shape index (κ2) is 5.51. The molecule has 102 valence electrons. The van der Waals surface area contributed by atoms with Gasteiger partial charge in [-0.3, -0.25) is 4.79 Å². The van der Waals surface area contributed by atoms with Crippen molar-refractivity contribution in [1.82, 2.24) is 10.6 Å². The molecule has 1 fully saturated rings. The van der Waals surface area contributed by atoms with Crippen molar-refractivity contribution in [2.45, 2.75) is 44.2 Å². The monoisotopic (exact) mass is 278 g/mol. The quantitative estimate of drug-likeness (QED) is 0.892. The number of carbonyl (C=O) groups is 1. The van der Waals surface area contributed by atoms with E-state index in [0.717, 1.165) is 30.8 Å². The molecular formula is C15H19ClN2O. The highest BCUT2D eigenvalue weighted by molar-refractivity contribution is 6.30. The van der Waals surface area contributed by atoms with Crippen molar-refractivity contribution in [1.29, 1.82) is 0 Å². The van der Waals surface area contributed by atoms with E-state index in [2.05, 4.69) is 10.6 Å². The van der Waals surface area contributed by atoms with Gasteiger partial charge in [0.25, 0.3) is 0 Å². The summed E-state index contributed by atoms with van der Waals surface area (Å²) in [6.45, 7) is 1.04. The molecular weight excluding hydrogens is 260 g/mol. The molecule has 3 nitrogen and oxygen atoms in total. The number of amides is 1. The fraction of sp³-hybridized carbons (Fsp3) is 0.533. The van der Waals surface area contributed by atoms with Crippen LogP contribution in [0.3, 0.4) is 0 Å². The molecule has 0 spiro atoms. The fourth-order valence-electron chi connectivity index (χ4n) is 3.14. The van der Waals surface area contributed by atoms with Gasteiger partial charge in [0.15, 0.2) is 0 Å². The number of aryl methyl sites for hydroxylation is 1. The zero-order chi connectivity index (χ0) is 13.2. The summed E-state index contributed by atoms with van der Waals surface area (Å²) in [6, 6.07) is 6.50. The Labute approximate surface area is 118 Å². The van der Waals surface area contributed by atoms with Crippen molar-refractivity contribution in [2.75, 3.05) is 6.54 Å². The molecule has 1 aliphatic heterocycles. The lowest BCUT2D eigenvalue weighted by molar-refractivity contribution is -0.122. The van der Waals surface area contributed by atoms with Crippen molar-refractivity contribution in [2.24, 2.45) is 0 Å². The number of hydrogen-bond donors (Lipinski definition) is 2. The summed E-state index contributed by atoms with van der Waals surface area (Å²) in [4.78, 5) is 12.1. The first-order chi connectivity index (χ1) is 9.22. The maximum atomic E-state index is 12.1. The van der Waals surface area contributed by atoms with Crippen molar-refractivity contribution in [3.8, 4) is 0 Å². The summed E-state index contributed by atoms with van der Waals surface area (Å²) >= 11 is 5.99. The molecule has 1 saturated heterocycles. The normalized spacial score (nSPS) is 25.3. The molecule has 1 heterocycles. The minimum atomic E-state index is 0.159. The minimum Gasteiger partial charge on any atom is -0.349 e. The molecule has 1 amide bonds. The zero-order valence-corrected chi connectivity index (χ0v) is 11.7. The second-order valence-corrected chi connectivity index (χ2v) is 5.94. The van der Waals surface area contributed by atoms with Gasteiger partial charge in [-0.05, 0) is 55.5 Å². The molecule has 2 N–H and O–H groups in total. The summed E-state index contributed by atoms with van der Waals surface area (Å²) in [6.07, 6.45) is 4.88. The maximum absolute atomic E-state index is 12.1. The van der Waals surface area contributed by atoms with Crippen LogP contribution in [-0.4, -0.2) is 18.5 Å². The lowest BCUT2D eigenvalue weighted by Gasteiger charge is -2.16. The molecule has 0 radical (unpaired) electrons. The predicted molar refractivity (Wildman–Crippen MR) is 76.3 cm³/mol. The molecule has 0 saturated carbocycles. The van der Waals surface area contributed by atoms with Crippen molar-refractivity contribution < 1.29 is 4.79 Å². The zero-order valence-electron chi connectivity index (χ0n) is 10.9. The van der Waals surface area contributed by atoms with E-state index in [4.69, 9.17) is 11.6 Å². The average molecular weight is 279 g/mol. The first-order valence-corrected chi connectivity index (χ1v) is 7.41. The first-order valence-electron chi connectivity index (χ1n) is 7.03. The average Bonchev–Trinajstić information content (AvgIpc) is 2.99. The molecule has 1 aliphatic carbocycles. The van der Waals surface area contributed by atoms with E-state index in [-0.39, 0.29) is 11.9 Å². The highest BCUT2D eigenvalue weighted by Gasteiger charge is 2.25. The number of hydrogen-bond acceptors (Lipinski definition) is 2.